The Bertz CT molecular complexity index is 1240. The number of benzene rings is 3. The molecule has 212 valence electrons. The van der Waals surface area contributed by atoms with Crippen molar-refractivity contribution in [1.82, 2.24) is 9.80 Å². The molecule has 0 saturated carbocycles. The quantitative estimate of drug-likeness (QED) is 0.305. The van der Waals surface area contributed by atoms with Gasteiger partial charge in [0.2, 0.25) is 0 Å². The molecule has 3 aromatic carbocycles. The number of piperidine rings is 1. The Morgan fingerprint density at radius 1 is 0.900 bits per heavy atom. The fraction of sp³-hybridized carbons (Fsp3) is 0.394. The summed E-state index contributed by atoms with van der Waals surface area (Å²) in [5.74, 6) is 0.757. The van der Waals surface area contributed by atoms with Crippen molar-refractivity contribution in [2.24, 2.45) is 0 Å². The smallest absolute Gasteiger partial charge is 0.410 e. The highest BCUT2D eigenvalue weighted by Crippen LogP contribution is 2.34. The Labute approximate surface area is 237 Å². The predicted octanol–water partition coefficient (Wildman–Crippen LogP) is 7.02. The maximum Gasteiger partial charge on any atom is 0.410 e. The van der Waals surface area contributed by atoms with Crippen LogP contribution in [-0.4, -0.2) is 53.3 Å². The van der Waals surface area contributed by atoms with E-state index in [-0.39, 0.29) is 24.7 Å². The summed E-state index contributed by atoms with van der Waals surface area (Å²) in [5, 5.41) is 0. The Morgan fingerprint density at radius 2 is 1.55 bits per heavy atom. The van der Waals surface area contributed by atoms with Gasteiger partial charge in [0, 0.05) is 25.6 Å². The Kier molecular flexibility index (Phi) is 9.70. The molecule has 4 rings (SSSR count). The summed E-state index contributed by atoms with van der Waals surface area (Å²) in [6, 6.07) is 27.4. The van der Waals surface area contributed by atoms with Crippen LogP contribution in [0, 0.1) is 0 Å². The molecule has 0 radical (unpaired) electrons. The number of ether oxygens (including phenoxy) is 3. The highest BCUT2D eigenvalue weighted by molar-refractivity contribution is 5.70. The average Bonchev–Trinajstić information content (AvgIpc) is 2.96. The van der Waals surface area contributed by atoms with E-state index in [0.29, 0.717) is 32.7 Å². The first-order chi connectivity index (χ1) is 19.2. The fourth-order valence-electron chi connectivity index (χ4n) is 5.01. The minimum absolute atomic E-state index is 0.0109. The van der Waals surface area contributed by atoms with Crippen molar-refractivity contribution in [3.05, 3.63) is 102 Å². The van der Waals surface area contributed by atoms with E-state index in [1.54, 1.807) is 9.80 Å². The lowest BCUT2D eigenvalue weighted by Crippen LogP contribution is -2.55. The molecular formula is C33H40N2O5. The zero-order valence-electron chi connectivity index (χ0n) is 23.9. The molecule has 0 bridgehead atoms. The van der Waals surface area contributed by atoms with Crippen molar-refractivity contribution in [2.75, 3.05) is 19.6 Å². The van der Waals surface area contributed by atoms with Crippen molar-refractivity contribution in [3.63, 3.8) is 0 Å². The molecular weight excluding hydrogens is 504 g/mol. The van der Waals surface area contributed by atoms with Crippen LogP contribution in [0.1, 0.15) is 56.7 Å². The van der Waals surface area contributed by atoms with Gasteiger partial charge < -0.3 is 24.0 Å². The number of likely N-dealkylation sites (N-methyl/N-ethyl adjacent to an activating group) is 1. The Hall–Kier alpha value is -4.00. The number of amides is 2. The first kappa shape index (κ1) is 29.0. The third-order valence-electron chi connectivity index (χ3n) is 6.95. The second kappa shape index (κ2) is 13.4. The Balaban J connectivity index is 1.55. The number of carbonyl (C=O) groups is 2. The van der Waals surface area contributed by atoms with E-state index in [1.165, 1.54) is 0 Å². The van der Waals surface area contributed by atoms with Crippen LogP contribution >= 0.6 is 0 Å². The van der Waals surface area contributed by atoms with Crippen molar-refractivity contribution in [2.45, 2.75) is 64.9 Å². The third kappa shape index (κ3) is 8.01. The molecule has 0 N–H and O–H groups in total. The highest BCUT2D eigenvalue weighted by atomic mass is 16.6. The standard InChI is InChI=1S/C33H40N2O5/c1-5-35(32(37)39-24-26-15-10-7-11-16-26)30-22-34(31(36)40-33(2,3)4)20-19-29(30)27-17-12-18-28(21-27)38-23-25-13-8-6-9-14-25/h6-18,21,29-30H,5,19-20,22-24H2,1-4H3/t29-,30+/m1/s1. The van der Waals surface area contributed by atoms with E-state index in [0.717, 1.165) is 22.4 Å². The van der Waals surface area contributed by atoms with Gasteiger partial charge in [-0.05, 0) is 62.9 Å². The van der Waals surface area contributed by atoms with E-state index in [2.05, 4.69) is 6.07 Å². The second-order valence-electron chi connectivity index (χ2n) is 11.1. The molecule has 7 nitrogen and oxygen atoms in total. The molecule has 1 heterocycles. The van der Waals surface area contributed by atoms with Crippen LogP contribution < -0.4 is 4.74 Å². The van der Waals surface area contributed by atoms with Gasteiger partial charge in [-0.25, -0.2) is 9.59 Å². The first-order valence-electron chi connectivity index (χ1n) is 14.0. The van der Waals surface area contributed by atoms with E-state index in [1.807, 2.05) is 107 Å². The average molecular weight is 545 g/mol. The largest absolute Gasteiger partial charge is 0.489 e. The van der Waals surface area contributed by atoms with E-state index < -0.39 is 11.7 Å². The van der Waals surface area contributed by atoms with Crippen LogP contribution in [0.3, 0.4) is 0 Å². The third-order valence-corrected chi connectivity index (χ3v) is 6.95. The van der Waals surface area contributed by atoms with Crippen molar-refractivity contribution < 1.29 is 23.8 Å². The summed E-state index contributed by atoms with van der Waals surface area (Å²) in [6.07, 6.45) is -0.0948. The molecule has 1 saturated heterocycles. The van der Waals surface area contributed by atoms with E-state index >= 15 is 0 Å². The van der Waals surface area contributed by atoms with Gasteiger partial charge in [-0.1, -0.05) is 72.8 Å². The van der Waals surface area contributed by atoms with Gasteiger partial charge in [-0.2, -0.15) is 0 Å². The van der Waals surface area contributed by atoms with Gasteiger partial charge in [0.05, 0.1) is 6.04 Å². The topological polar surface area (TPSA) is 68.3 Å². The molecule has 0 unspecified atom stereocenters. The maximum absolute atomic E-state index is 13.4. The van der Waals surface area contributed by atoms with Crippen LogP contribution in [0.15, 0.2) is 84.9 Å². The SMILES string of the molecule is CCN(C(=O)OCc1ccccc1)[C@H]1CN(C(=O)OC(C)(C)C)CC[C@@H]1c1cccc(OCc2ccccc2)c1. The van der Waals surface area contributed by atoms with Crippen molar-refractivity contribution >= 4 is 12.2 Å². The van der Waals surface area contributed by atoms with Gasteiger partial charge in [-0.15, -0.1) is 0 Å². The summed E-state index contributed by atoms with van der Waals surface area (Å²) in [7, 11) is 0. The van der Waals surface area contributed by atoms with E-state index in [9.17, 15) is 9.59 Å². The highest BCUT2D eigenvalue weighted by Gasteiger charge is 2.39. The lowest BCUT2D eigenvalue weighted by atomic mass is 9.84. The summed E-state index contributed by atoms with van der Waals surface area (Å²) < 4.78 is 17.5. The molecule has 1 aliphatic rings. The number of rotatable bonds is 8. The lowest BCUT2D eigenvalue weighted by Gasteiger charge is -2.43. The molecule has 3 aromatic rings. The number of likely N-dealkylation sites (tertiary alicyclic amines) is 1. The van der Waals surface area contributed by atoms with E-state index in [4.69, 9.17) is 14.2 Å². The molecule has 40 heavy (non-hydrogen) atoms. The number of hydrogen-bond donors (Lipinski definition) is 0. The molecule has 2 amide bonds. The second-order valence-corrected chi connectivity index (χ2v) is 11.1. The molecule has 0 spiro atoms. The van der Waals surface area contributed by atoms with Crippen molar-refractivity contribution in [1.29, 1.82) is 0 Å². The molecule has 0 aliphatic carbocycles. The first-order valence-corrected chi connectivity index (χ1v) is 14.0. The van der Waals surface area contributed by atoms with Gasteiger partial charge in [0.1, 0.15) is 24.6 Å². The molecule has 7 heteroatoms. The minimum Gasteiger partial charge on any atom is -0.489 e. The van der Waals surface area contributed by atoms with Crippen LogP contribution in [0.4, 0.5) is 9.59 Å². The molecule has 0 aromatic heterocycles. The van der Waals surface area contributed by atoms with Gasteiger partial charge >= 0.3 is 12.2 Å². The van der Waals surface area contributed by atoms with Crippen LogP contribution in [-0.2, 0) is 22.7 Å². The summed E-state index contributed by atoms with van der Waals surface area (Å²) in [4.78, 5) is 29.9. The molecule has 1 aliphatic heterocycles. The molecule has 1 fully saturated rings. The maximum atomic E-state index is 13.4. The van der Waals surface area contributed by atoms with Crippen LogP contribution in [0.5, 0.6) is 5.75 Å². The number of nitrogens with zero attached hydrogens (tertiary/aromatic N) is 2. The summed E-state index contributed by atoms with van der Waals surface area (Å²) in [6.45, 7) is 9.49. The number of carbonyl (C=O) groups excluding carboxylic acids is 2. The van der Waals surface area contributed by atoms with Gasteiger partial charge in [0.25, 0.3) is 0 Å². The summed E-state index contributed by atoms with van der Waals surface area (Å²) >= 11 is 0. The van der Waals surface area contributed by atoms with Crippen LogP contribution in [0.25, 0.3) is 0 Å². The monoisotopic (exact) mass is 544 g/mol. The van der Waals surface area contributed by atoms with Crippen molar-refractivity contribution in [3.8, 4) is 5.75 Å². The Morgan fingerprint density at radius 3 is 2.17 bits per heavy atom. The molecule has 2 atom stereocenters. The minimum atomic E-state index is -0.604. The van der Waals surface area contributed by atoms with Crippen LogP contribution in [0.2, 0.25) is 0 Å². The fourth-order valence-corrected chi connectivity index (χ4v) is 5.01. The normalized spacial score (nSPS) is 17.1. The predicted molar refractivity (Wildman–Crippen MR) is 155 cm³/mol. The van der Waals surface area contributed by atoms with Gasteiger partial charge in [0.15, 0.2) is 0 Å². The zero-order chi connectivity index (χ0) is 28.5. The zero-order valence-corrected chi connectivity index (χ0v) is 23.9. The summed E-state index contributed by atoms with van der Waals surface area (Å²) in [5.41, 5.74) is 2.47. The lowest BCUT2D eigenvalue weighted by molar-refractivity contribution is 0.00537. The van der Waals surface area contributed by atoms with Gasteiger partial charge in [-0.3, -0.25) is 0 Å². The number of hydrogen-bond acceptors (Lipinski definition) is 5.